The number of fused-ring (bicyclic) bond motifs is 1. The number of anilines is 1. The monoisotopic (exact) mass is 326 g/mol. The van der Waals surface area contributed by atoms with Crippen LogP contribution in [0.5, 0.6) is 0 Å². The van der Waals surface area contributed by atoms with Gasteiger partial charge in [0.2, 0.25) is 0 Å². The van der Waals surface area contributed by atoms with Crippen molar-refractivity contribution in [3.8, 4) is 0 Å². The summed E-state index contributed by atoms with van der Waals surface area (Å²) in [6, 6.07) is 5.85. The Balaban J connectivity index is 0.00000192. The van der Waals surface area contributed by atoms with Crippen LogP contribution in [0.15, 0.2) is 30.5 Å². The highest BCUT2D eigenvalue weighted by molar-refractivity contribution is 5.94. The van der Waals surface area contributed by atoms with Crippen LogP contribution in [-0.4, -0.2) is 29.3 Å². The second-order valence-corrected chi connectivity index (χ2v) is 5.93. The fraction of sp³-hybridized carbons (Fsp3) is 0.471. The number of hydrogen-bond acceptors (Lipinski definition) is 3. The molecular weight excluding hydrogens is 305 g/mol. The average molecular weight is 326 g/mol. The zero-order chi connectivity index (χ0) is 15.9. The van der Waals surface area contributed by atoms with Crippen LogP contribution in [0, 0.1) is 5.92 Å². The summed E-state index contributed by atoms with van der Waals surface area (Å²) in [6.07, 6.45) is -2.81. The van der Waals surface area contributed by atoms with Crippen molar-refractivity contribution in [3.05, 3.63) is 36.0 Å². The summed E-state index contributed by atoms with van der Waals surface area (Å²) in [4.78, 5) is 5.88. The smallest absolute Gasteiger partial charge is 0.391 e. The lowest BCUT2D eigenvalue weighted by Gasteiger charge is -2.36. The molecule has 0 radical (unpaired) electrons. The van der Waals surface area contributed by atoms with Crippen LogP contribution in [0.25, 0.3) is 10.9 Å². The molecule has 2 heterocycles. The fourth-order valence-electron chi connectivity index (χ4n) is 3.18. The zero-order valence-electron chi connectivity index (χ0n) is 12.1. The number of pyridine rings is 1. The molecule has 0 amide bonds. The summed E-state index contributed by atoms with van der Waals surface area (Å²) in [5, 5.41) is 10.4. The maximum atomic E-state index is 13.1. The molecule has 1 aliphatic heterocycles. The summed E-state index contributed by atoms with van der Waals surface area (Å²) in [5.74, 6) is 0.290. The highest BCUT2D eigenvalue weighted by Gasteiger charge is 2.34. The van der Waals surface area contributed by atoms with E-state index in [-0.39, 0.29) is 18.9 Å². The quantitative estimate of drug-likeness (QED) is 0.857. The number of piperidine rings is 1. The van der Waals surface area contributed by atoms with Crippen molar-refractivity contribution in [2.24, 2.45) is 5.92 Å². The van der Waals surface area contributed by atoms with E-state index in [0.29, 0.717) is 30.6 Å². The highest BCUT2D eigenvalue weighted by Crippen LogP contribution is 2.38. The normalized spacial score (nSPS) is 22.0. The van der Waals surface area contributed by atoms with Gasteiger partial charge in [-0.15, -0.1) is 0 Å². The second-order valence-electron chi connectivity index (χ2n) is 5.93. The van der Waals surface area contributed by atoms with Crippen molar-refractivity contribution in [3.63, 3.8) is 0 Å². The molecule has 23 heavy (non-hydrogen) atoms. The first kappa shape index (κ1) is 17.5. The number of aliphatic hydroxyl groups excluding tert-OH is 1. The maximum absolute atomic E-state index is 13.1. The molecular formula is C17H21F3N2O. The van der Waals surface area contributed by atoms with E-state index >= 15 is 0 Å². The number of benzene rings is 1. The van der Waals surface area contributed by atoms with E-state index in [4.69, 9.17) is 0 Å². The van der Waals surface area contributed by atoms with E-state index in [1.807, 2.05) is 11.8 Å². The predicted octanol–water partition coefficient (Wildman–Crippen LogP) is 4.10. The average Bonchev–Trinajstić information content (AvgIpc) is 2.44. The second kappa shape index (κ2) is 6.35. The molecule has 126 valence electrons. The largest absolute Gasteiger partial charge is 0.418 e. The fourth-order valence-corrected chi connectivity index (χ4v) is 3.18. The number of hydrogen-bond donors (Lipinski definition) is 1. The minimum absolute atomic E-state index is 0. The molecule has 1 saturated heterocycles. The molecule has 2 atom stereocenters. The molecule has 2 aromatic rings. The number of aromatic nitrogens is 1. The molecule has 1 fully saturated rings. The third kappa shape index (κ3) is 3.42. The SMILES string of the molecule is C.CC1CC(O)CN(c2ccc(C(F)(F)F)c3ncccc23)C1. The van der Waals surface area contributed by atoms with Gasteiger partial charge in [-0.3, -0.25) is 4.98 Å². The topological polar surface area (TPSA) is 36.4 Å². The van der Waals surface area contributed by atoms with Gasteiger partial charge in [-0.25, -0.2) is 0 Å². The molecule has 3 rings (SSSR count). The van der Waals surface area contributed by atoms with Gasteiger partial charge in [0.1, 0.15) is 0 Å². The summed E-state index contributed by atoms with van der Waals surface area (Å²) < 4.78 is 39.4. The summed E-state index contributed by atoms with van der Waals surface area (Å²) >= 11 is 0. The van der Waals surface area contributed by atoms with E-state index in [2.05, 4.69) is 4.98 Å². The van der Waals surface area contributed by atoms with Gasteiger partial charge in [0, 0.05) is 30.4 Å². The van der Waals surface area contributed by atoms with Gasteiger partial charge in [0.05, 0.1) is 17.2 Å². The maximum Gasteiger partial charge on any atom is 0.418 e. The Morgan fingerprint density at radius 3 is 2.61 bits per heavy atom. The minimum atomic E-state index is -4.43. The van der Waals surface area contributed by atoms with Crippen molar-refractivity contribution in [2.75, 3.05) is 18.0 Å². The van der Waals surface area contributed by atoms with Crippen LogP contribution in [0.1, 0.15) is 26.3 Å². The number of nitrogens with zero attached hydrogens (tertiary/aromatic N) is 2. The van der Waals surface area contributed by atoms with E-state index < -0.39 is 17.8 Å². The van der Waals surface area contributed by atoms with Gasteiger partial charge < -0.3 is 10.0 Å². The molecule has 2 unspecified atom stereocenters. The Morgan fingerprint density at radius 2 is 1.96 bits per heavy atom. The van der Waals surface area contributed by atoms with E-state index in [9.17, 15) is 18.3 Å². The third-order valence-electron chi connectivity index (χ3n) is 4.03. The molecule has 1 N–H and O–H groups in total. The van der Waals surface area contributed by atoms with Crippen LogP contribution in [0.3, 0.4) is 0 Å². The molecule has 0 saturated carbocycles. The van der Waals surface area contributed by atoms with Crippen molar-refractivity contribution >= 4 is 16.6 Å². The number of aliphatic hydroxyl groups is 1. The Hall–Kier alpha value is -1.82. The number of halogens is 3. The third-order valence-corrected chi connectivity index (χ3v) is 4.03. The van der Waals surface area contributed by atoms with Gasteiger partial charge in [0.25, 0.3) is 0 Å². The van der Waals surface area contributed by atoms with E-state index in [1.54, 1.807) is 12.1 Å². The van der Waals surface area contributed by atoms with Crippen LogP contribution < -0.4 is 4.90 Å². The number of β-amino-alcohol motifs (C(OH)–C–C–N with tert-alkyl or cyclic N) is 1. The molecule has 6 heteroatoms. The van der Waals surface area contributed by atoms with Crippen molar-refractivity contribution in [1.82, 2.24) is 4.98 Å². The van der Waals surface area contributed by atoms with Gasteiger partial charge >= 0.3 is 6.18 Å². The molecule has 0 aliphatic carbocycles. The van der Waals surface area contributed by atoms with Crippen LogP contribution in [0.4, 0.5) is 18.9 Å². The van der Waals surface area contributed by atoms with Crippen LogP contribution in [0.2, 0.25) is 0 Å². The van der Waals surface area contributed by atoms with Gasteiger partial charge in [0.15, 0.2) is 0 Å². The number of rotatable bonds is 1. The van der Waals surface area contributed by atoms with E-state index in [0.717, 1.165) is 6.07 Å². The lowest BCUT2D eigenvalue weighted by Crippen LogP contribution is -2.42. The molecule has 1 aromatic carbocycles. The minimum Gasteiger partial charge on any atom is -0.391 e. The zero-order valence-corrected chi connectivity index (χ0v) is 12.1. The van der Waals surface area contributed by atoms with Crippen LogP contribution >= 0.6 is 0 Å². The molecule has 1 aliphatic rings. The van der Waals surface area contributed by atoms with Crippen molar-refractivity contribution in [2.45, 2.75) is 33.1 Å². The molecule has 1 aromatic heterocycles. The van der Waals surface area contributed by atoms with Gasteiger partial charge in [-0.05, 0) is 36.6 Å². The first-order chi connectivity index (χ1) is 10.4. The van der Waals surface area contributed by atoms with Crippen molar-refractivity contribution < 1.29 is 18.3 Å². The predicted molar refractivity (Wildman–Crippen MR) is 85.5 cm³/mol. The Morgan fingerprint density at radius 1 is 1.22 bits per heavy atom. The Bertz CT molecular complexity index is 677. The Labute approximate surface area is 133 Å². The molecule has 3 nitrogen and oxygen atoms in total. The lowest BCUT2D eigenvalue weighted by atomic mass is 9.96. The first-order valence-electron chi connectivity index (χ1n) is 7.24. The van der Waals surface area contributed by atoms with Gasteiger partial charge in [-0.2, -0.15) is 13.2 Å². The van der Waals surface area contributed by atoms with Gasteiger partial charge in [-0.1, -0.05) is 14.4 Å². The van der Waals surface area contributed by atoms with Crippen LogP contribution in [-0.2, 0) is 6.18 Å². The summed E-state index contributed by atoms with van der Waals surface area (Å²) in [7, 11) is 0. The highest BCUT2D eigenvalue weighted by atomic mass is 19.4. The molecule has 0 spiro atoms. The standard InChI is InChI=1S/C16H17F3N2O.CH4/c1-10-7-11(22)9-21(8-10)14-5-4-13(16(17,18)19)15-12(14)3-2-6-20-15;/h2-6,10-11,22H,7-9H2,1H3;1H4. The summed E-state index contributed by atoms with van der Waals surface area (Å²) in [5.41, 5.74) is -0.0700. The van der Waals surface area contributed by atoms with E-state index in [1.165, 1.54) is 12.3 Å². The van der Waals surface area contributed by atoms with Crippen molar-refractivity contribution in [1.29, 1.82) is 0 Å². The summed E-state index contributed by atoms with van der Waals surface area (Å²) in [6.45, 7) is 3.17. The lowest BCUT2D eigenvalue weighted by molar-refractivity contribution is -0.136. The first-order valence-corrected chi connectivity index (χ1v) is 7.24. The number of alkyl halides is 3. The molecule has 0 bridgehead atoms. The Kier molecular flexibility index (Phi) is 4.84.